The molecule has 1 N–H and O–H groups in total. The Morgan fingerprint density at radius 3 is 2.90 bits per heavy atom. The summed E-state index contributed by atoms with van der Waals surface area (Å²) in [5.74, 6) is 0.210. The SMILES string of the molecule is C=CCSC1=NN2C(=c3cc(Br)ccc3=N[C@@H]2c2ccccc2[N+](=O)[O-])C(=O)N1. The van der Waals surface area contributed by atoms with Crippen LogP contribution in [0.4, 0.5) is 5.69 Å². The number of rotatable bonds is 4. The molecule has 0 fully saturated rings. The molecule has 0 saturated carbocycles. The number of nitrogens with zero attached hydrogens (tertiary/aromatic N) is 4. The number of amidine groups is 1. The number of nitro benzene ring substituents is 1. The van der Waals surface area contributed by atoms with Crippen LogP contribution in [0.1, 0.15) is 11.7 Å². The highest BCUT2D eigenvalue weighted by atomic mass is 79.9. The van der Waals surface area contributed by atoms with E-state index in [2.05, 4.69) is 32.9 Å². The van der Waals surface area contributed by atoms with Gasteiger partial charge in [0.05, 0.1) is 15.8 Å². The second-order valence-electron chi connectivity index (χ2n) is 6.13. The number of amides is 1. The smallest absolute Gasteiger partial charge is 0.276 e. The summed E-state index contributed by atoms with van der Waals surface area (Å²) in [6.07, 6.45) is 0.858. The van der Waals surface area contributed by atoms with Crippen molar-refractivity contribution >= 4 is 50.2 Å². The maximum Gasteiger partial charge on any atom is 0.276 e. The van der Waals surface area contributed by atoms with Crippen molar-refractivity contribution in [3.8, 4) is 0 Å². The minimum Gasteiger partial charge on any atom is -0.298 e. The fourth-order valence-electron chi connectivity index (χ4n) is 3.13. The fraction of sp³-hybridized carbons (Fsp3) is 0.105. The molecule has 8 nitrogen and oxygen atoms in total. The molecule has 4 rings (SSSR count). The van der Waals surface area contributed by atoms with Gasteiger partial charge in [-0.25, -0.2) is 5.01 Å². The molecule has 1 atom stereocenters. The van der Waals surface area contributed by atoms with Gasteiger partial charge in [0, 0.05) is 21.5 Å². The van der Waals surface area contributed by atoms with Crippen LogP contribution >= 0.6 is 27.7 Å². The predicted molar refractivity (Wildman–Crippen MR) is 114 cm³/mol. The van der Waals surface area contributed by atoms with E-state index < -0.39 is 11.1 Å². The molecule has 2 aliphatic heterocycles. The Hall–Kier alpha value is -2.98. The van der Waals surface area contributed by atoms with Gasteiger partial charge < -0.3 is 0 Å². The van der Waals surface area contributed by atoms with Crippen molar-refractivity contribution in [2.75, 3.05) is 5.75 Å². The molecule has 10 heteroatoms. The predicted octanol–water partition coefficient (Wildman–Crippen LogP) is 2.42. The largest absolute Gasteiger partial charge is 0.298 e. The first-order valence-electron chi connectivity index (χ1n) is 8.53. The summed E-state index contributed by atoms with van der Waals surface area (Å²) in [6.45, 7) is 3.67. The number of nitro groups is 1. The highest BCUT2D eigenvalue weighted by Gasteiger charge is 2.37. The van der Waals surface area contributed by atoms with Crippen LogP contribution in [0.2, 0.25) is 0 Å². The number of halogens is 1. The molecule has 0 aliphatic carbocycles. The van der Waals surface area contributed by atoms with Gasteiger partial charge in [-0.3, -0.25) is 25.2 Å². The Labute approximate surface area is 178 Å². The number of fused-ring (bicyclic) bond motifs is 2. The number of hydrogen-bond donors (Lipinski definition) is 1. The van der Waals surface area contributed by atoms with Crippen molar-refractivity contribution < 1.29 is 9.72 Å². The van der Waals surface area contributed by atoms with E-state index in [0.29, 0.717) is 32.8 Å². The Kier molecular flexibility index (Phi) is 5.20. The van der Waals surface area contributed by atoms with Crippen LogP contribution in [-0.2, 0) is 4.79 Å². The first-order chi connectivity index (χ1) is 14.0. The lowest BCUT2D eigenvalue weighted by molar-refractivity contribution is -0.385. The highest BCUT2D eigenvalue weighted by molar-refractivity contribution is 9.10. The molecular weight excluding hydrogens is 458 g/mol. The van der Waals surface area contributed by atoms with E-state index in [1.165, 1.54) is 22.8 Å². The van der Waals surface area contributed by atoms with Crippen molar-refractivity contribution in [1.29, 1.82) is 0 Å². The molecule has 0 aromatic heterocycles. The molecule has 1 amide bonds. The third-order valence-electron chi connectivity index (χ3n) is 4.32. The Morgan fingerprint density at radius 2 is 2.14 bits per heavy atom. The quantitative estimate of drug-likeness (QED) is 0.419. The minimum atomic E-state index is -0.842. The summed E-state index contributed by atoms with van der Waals surface area (Å²) in [4.78, 5) is 28.8. The number of carbonyl (C=O) groups excluding carboxylic acids is 1. The van der Waals surface area contributed by atoms with Gasteiger partial charge in [0.1, 0.15) is 5.70 Å². The summed E-state index contributed by atoms with van der Waals surface area (Å²) in [7, 11) is 0. The lowest BCUT2D eigenvalue weighted by Crippen LogP contribution is -2.50. The molecular formula is C19H14BrN5O3S. The van der Waals surface area contributed by atoms with E-state index in [4.69, 9.17) is 4.99 Å². The average molecular weight is 472 g/mol. The van der Waals surface area contributed by atoms with E-state index in [0.717, 1.165) is 4.47 Å². The van der Waals surface area contributed by atoms with Crippen molar-refractivity contribution in [3.63, 3.8) is 0 Å². The third kappa shape index (κ3) is 3.56. The zero-order valence-electron chi connectivity index (χ0n) is 14.9. The Bertz CT molecular complexity index is 1200. The number of para-hydroxylation sites is 1. The number of carbonyl (C=O) groups is 1. The lowest BCUT2D eigenvalue weighted by Gasteiger charge is -2.33. The van der Waals surface area contributed by atoms with Crippen LogP contribution in [0.25, 0.3) is 5.70 Å². The first-order valence-corrected chi connectivity index (χ1v) is 10.3. The van der Waals surface area contributed by atoms with Gasteiger partial charge in [-0.05, 0) is 24.3 Å². The van der Waals surface area contributed by atoms with Crippen LogP contribution in [0.3, 0.4) is 0 Å². The molecule has 146 valence electrons. The first kappa shape index (κ1) is 19.3. The van der Waals surface area contributed by atoms with Gasteiger partial charge in [0.15, 0.2) is 11.3 Å². The summed E-state index contributed by atoms with van der Waals surface area (Å²) < 4.78 is 0.784. The molecule has 0 bridgehead atoms. The van der Waals surface area contributed by atoms with Crippen LogP contribution in [0, 0.1) is 10.1 Å². The highest BCUT2D eigenvalue weighted by Crippen LogP contribution is 2.35. The van der Waals surface area contributed by atoms with Crippen LogP contribution < -0.4 is 15.9 Å². The Morgan fingerprint density at radius 1 is 1.34 bits per heavy atom. The summed E-state index contributed by atoms with van der Waals surface area (Å²) in [5.41, 5.74) is 0.570. The van der Waals surface area contributed by atoms with E-state index in [-0.39, 0.29) is 11.6 Å². The number of thioether (sulfide) groups is 1. The maximum absolute atomic E-state index is 13.0. The van der Waals surface area contributed by atoms with Gasteiger partial charge in [-0.2, -0.15) is 0 Å². The molecule has 0 radical (unpaired) electrons. The summed E-state index contributed by atoms with van der Waals surface area (Å²) in [5, 5.41) is 21.9. The monoisotopic (exact) mass is 471 g/mol. The number of hydrazone groups is 1. The van der Waals surface area contributed by atoms with Crippen LogP contribution in [0.15, 0.2) is 69.7 Å². The molecule has 2 aliphatic rings. The van der Waals surface area contributed by atoms with Gasteiger partial charge in [0.2, 0.25) is 0 Å². The Balaban J connectivity index is 1.98. The number of nitrogens with one attached hydrogen (secondary N) is 1. The van der Waals surface area contributed by atoms with E-state index >= 15 is 0 Å². The summed E-state index contributed by atoms with van der Waals surface area (Å²) >= 11 is 4.73. The molecule has 29 heavy (non-hydrogen) atoms. The molecule has 0 spiro atoms. The molecule has 0 saturated heterocycles. The van der Waals surface area contributed by atoms with Crippen molar-refractivity contribution in [2.45, 2.75) is 6.17 Å². The van der Waals surface area contributed by atoms with E-state index in [1.54, 1.807) is 36.4 Å². The van der Waals surface area contributed by atoms with Crippen LogP contribution in [0.5, 0.6) is 0 Å². The molecule has 2 heterocycles. The molecule has 0 unspecified atom stereocenters. The van der Waals surface area contributed by atoms with E-state index in [1.807, 2.05) is 6.07 Å². The van der Waals surface area contributed by atoms with Gasteiger partial charge in [-0.1, -0.05) is 45.9 Å². The minimum absolute atomic E-state index is 0.0809. The number of benzene rings is 2. The topological polar surface area (TPSA) is 100 Å². The van der Waals surface area contributed by atoms with Gasteiger partial charge >= 0.3 is 0 Å². The van der Waals surface area contributed by atoms with Crippen LogP contribution in [-0.4, -0.2) is 26.8 Å². The molecule has 2 aromatic rings. The normalized spacial score (nSPS) is 17.5. The fourth-order valence-corrected chi connectivity index (χ4v) is 4.08. The molecule has 2 aromatic carbocycles. The van der Waals surface area contributed by atoms with Crippen molar-refractivity contribution in [3.05, 3.63) is 85.8 Å². The van der Waals surface area contributed by atoms with Gasteiger partial charge in [-0.15, -0.1) is 11.7 Å². The standard InChI is InChI=1S/C19H14BrN5O3S/c1-2-9-29-19-22-18(26)16-13-10-11(20)7-8-14(13)21-17(24(16)23-19)12-5-3-4-6-15(12)25(27)28/h2-8,10,17H,1,9H2,(H,22,23,26)/t17-/m0/s1. The number of hydrogen-bond acceptors (Lipinski definition) is 7. The zero-order chi connectivity index (χ0) is 20.5. The second kappa shape index (κ2) is 7.80. The average Bonchev–Trinajstić information content (AvgIpc) is 2.71. The van der Waals surface area contributed by atoms with Crippen molar-refractivity contribution in [1.82, 2.24) is 10.3 Å². The summed E-state index contributed by atoms with van der Waals surface area (Å²) in [6, 6.07) is 11.7. The lowest BCUT2D eigenvalue weighted by atomic mass is 10.1. The zero-order valence-corrected chi connectivity index (χ0v) is 17.3. The van der Waals surface area contributed by atoms with Gasteiger partial charge in [0.25, 0.3) is 11.6 Å². The van der Waals surface area contributed by atoms with Crippen molar-refractivity contribution in [2.24, 2.45) is 10.1 Å². The second-order valence-corrected chi connectivity index (χ2v) is 8.06. The maximum atomic E-state index is 13.0. The third-order valence-corrected chi connectivity index (χ3v) is 5.67. The van der Waals surface area contributed by atoms with E-state index in [9.17, 15) is 14.9 Å².